The van der Waals surface area contributed by atoms with Crippen molar-refractivity contribution in [1.82, 2.24) is 10.2 Å². The highest BCUT2D eigenvalue weighted by Gasteiger charge is 2.27. The van der Waals surface area contributed by atoms with Gasteiger partial charge in [0.2, 0.25) is 11.0 Å². The molecule has 8 heteroatoms. The van der Waals surface area contributed by atoms with Gasteiger partial charge in [0.15, 0.2) is 4.34 Å². The number of nitrogens with zero attached hydrogens (tertiary/aromatic N) is 3. The molecule has 110 valence electrons. The van der Waals surface area contributed by atoms with Gasteiger partial charge in [0.1, 0.15) is 0 Å². The van der Waals surface area contributed by atoms with Crippen LogP contribution in [0.15, 0.2) is 4.34 Å². The zero-order chi connectivity index (χ0) is 14.5. The standard InChI is InChI=1S/C12H17N3O3S2/c1-8(16)15(9-5-3-2-4-6-9)11-13-14-12(20-11)19-7-10(17)18/h9H,2-7H2,1H3,(H,17,18). The molecule has 1 saturated carbocycles. The van der Waals surface area contributed by atoms with E-state index in [0.29, 0.717) is 9.47 Å². The summed E-state index contributed by atoms with van der Waals surface area (Å²) in [4.78, 5) is 24.1. The topological polar surface area (TPSA) is 83.4 Å². The number of anilines is 1. The number of hydrogen-bond acceptors (Lipinski definition) is 6. The van der Waals surface area contributed by atoms with Crippen molar-refractivity contribution in [2.45, 2.75) is 49.4 Å². The van der Waals surface area contributed by atoms with Gasteiger partial charge in [-0.15, -0.1) is 10.2 Å². The van der Waals surface area contributed by atoms with Gasteiger partial charge in [0, 0.05) is 13.0 Å². The number of carboxylic acid groups (broad SMARTS) is 1. The Kier molecular flexibility index (Phi) is 5.36. The molecule has 0 radical (unpaired) electrons. The Morgan fingerprint density at radius 3 is 2.65 bits per heavy atom. The van der Waals surface area contributed by atoms with E-state index in [9.17, 15) is 9.59 Å². The van der Waals surface area contributed by atoms with Gasteiger partial charge in [-0.1, -0.05) is 42.4 Å². The number of aromatic nitrogens is 2. The van der Waals surface area contributed by atoms with E-state index >= 15 is 0 Å². The van der Waals surface area contributed by atoms with Crippen LogP contribution in [0.5, 0.6) is 0 Å². The smallest absolute Gasteiger partial charge is 0.313 e. The molecule has 0 aliphatic heterocycles. The van der Waals surface area contributed by atoms with Gasteiger partial charge in [-0.05, 0) is 12.8 Å². The fourth-order valence-electron chi connectivity index (χ4n) is 2.37. The molecule has 1 aliphatic rings. The van der Waals surface area contributed by atoms with Crippen molar-refractivity contribution in [3.63, 3.8) is 0 Å². The third-order valence-electron chi connectivity index (χ3n) is 3.20. The lowest BCUT2D eigenvalue weighted by Gasteiger charge is -2.31. The molecular formula is C12H17N3O3S2. The highest BCUT2D eigenvalue weighted by atomic mass is 32.2. The summed E-state index contributed by atoms with van der Waals surface area (Å²) >= 11 is 2.42. The third-order valence-corrected chi connectivity index (χ3v) is 5.24. The highest BCUT2D eigenvalue weighted by Crippen LogP contribution is 2.32. The molecule has 0 atom stereocenters. The lowest BCUT2D eigenvalue weighted by atomic mass is 9.94. The van der Waals surface area contributed by atoms with E-state index in [-0.39, 0.29) is 17.7 Å². The van der Waals surface area contributed by atoms with Crippen molar-refractivity contribution in [1.29, 1.82) is 0 Å². The second-order valence-corrected chi connectivity index (χ2v) is 6.89. The van der Waals surface area contributed by atoms with Crippen molar-refractivity contribution in [3.05, 3.63) is 0 Å². The number of thioether (sulfide) groups is 1. The van der Waals surface area contributed by atoms with Gasteiger partial charge < -0.3 is 5.11 Å². The fraction of sp³-hybridized carbons (Fsp3) is 0.667. The molecule has 0 aromatic carbocycles. The normalized spacial score (nSPS) is 16.1. The SMILES string of the molecule is CC(=O)N(c1nnc(SCC(=O)O)s1)C1CCCCC1. The van der Waals surface area contributed by atoms with Crippen LogP contribution < -0.4 is 4.90 Å². The quantitative estimate of drug-likeness (QED) is 0.663. The number of carbonyl (C=O) groups is 2. The number of carboxylic acids is 1. The van der Waals surface area contributed by atoms with Crippen LogP contribution in [0.2, 0.25) is 0 Å². The van der Waals surface area contributed by atoms with Crippen molar-refractivity contribution in [3.8, 4) is 0 Å². The van der Waals surface area contributed by atoms with Crippen LogP contribution in [0.3, 0.4) is 0 Å². The molecule has 1 heterocycles. The van der Waals surface area contributed by atoms with E-state index in [4.69, 9.17) is 5.11 Å². The average molecular weight is 315 g/mol. The van der Waals surface area contributed by atoms with Gasteiger partial charge in [0.25, 0.3) is 0 Å². The molecule has 1 fully saturated rings. The van der Waals surface area contributed by atoms with E-state index < -0.39 is 5.97 Å². The molecular weight excluding hydrogens is 298 g/mol. The average Bonchev–Trinajstić information content (AvgIpc) is 2.86. The maximum atomic E-state index is 11.9. The lowest BCUT2D eigenvalue weighted by molar-refractivity contribution is -0.133. The summed E-state index contributed by atoms with van der Waals surface area (Å²) in [6.45, 7) is 1.54. The van der Waals surface area contributed by atoms with E-state index in [1.165, 1.54) is 17.8 Å². The summed E-state index contributed by atoms with van der Waals surface area (Å²) in [5.74, 6) is -0.955. The number of aliphatic carboxylic acids is 1. The summed E-state index contributed by atoms with van der Waals surface area (Å²) in [5, 5.41) is 17.2. The van der Waals surface area contributed by atoms with Gasteiger partial charge in [0.05, 0.1) is 5.75 Å². The fourth-order valence-corrected chi connectivity index (χ4v) is 4.05. The second-order valence-electron chi connectivity index (χ2n) is 4.71. The number of carbonyl (C=O) groups excluding carboxylic acids is 1. The first-order valence-electron chi connectivity index (χ1n) is 6.56. The second kappa shape index (κ2) is 7.03. The van der Waals surface area contributed by atoms with Gasteiger partial charge in [-0.2, -0.15) is 0 Å². The maximum Gasteiger partial charge on any atom is 0.313 e. The molecule has 1 aliphatic carbocycles. The Balaban J connectivity index is 2.09. The Hall–Kier alpha value is -1.15. The molecule has 1 N–H and O–H groups in total. The minimum absolute atomic E-state index is 0.0252. The van der Waals surface area contributed by atoms with Crippen molar-refractivity contribution < 1.29 is 14.7 Å². The molecule has 1 aromatic rings. The Bertz CT molecular complexity index is 486. The predicted octanol–water partition coefficient (Wildman–Crippen LogP) is 2.40. The van der Waals surface area contributed by atoms with Crippen LogP contribution in [0.4, 0.5) is 5.13 Å². The Morgan fingerprint density at radius 1 is 1.35 bits per heavy atom. The molecule has 1 amide bonds. The molecule has 1 aromatic heterocycles. The highest BCUT2D eigenvalue weighted by molar-refractivity contribution is 8.01. The molecule has 20 heavy (non-hydrogen) atoms. The van der Waals surface area contributed by atoms with Crippen LogP contribution in [-0.4, -0.2) is 39.0 Å². The first-order valence-corrected chi connectivity index (χ1v) is 8.36. The first kappa shape index (κ1) is 15.2. The summed E-state index contributed by atoms with van der Waals surface area (Å²) in [5.41, 5.74) is 0. The number of amides is 1. The number of hydrogen-bond donors (Lipinski definition) is 1. The summed E-state index contributed by atoms with van der Waals surface area (Å²) < 4.78 is 0.587. The molecule has 6 nitrogen and oxygen atoms in total. The molecule has 0 spiro atoms. The minimum Gasteiger partial charge on any atom is -0.481 e. The van der Waals surface area contributed by atoms with Gasteiger partial charge >= 0.3 is 5.97 Å². The van der Waals surface area contributed by atoms with Crippen LogP contribution in [-0.2, 0) is 9.59 Å². The molecule has 0 bridgehead atoms. The predicted molar refractivity (Wildman–Crippen MR) is 78.3 cm³/mol. The molecule has 0 saturated heterocycles. The molecule has 2 rings (SSSR count). The molecule has 0 unspecified atom stereocenters. The minimum atomic E-state index is -0.887. The Labute approximate surface area is 125 Å². The number of rotatable bonds is 5. The Morgan fingerprint density at radius 2 is 2.05 bits per heavy atom. The summed E-state index contributed by atoms with van der Waals surface area (Å²) in [7, 11) is 0. The summed E-state index contributed by atoms with van der Waals surface area (Å²) in [6.07, 6.45) is 5.48. The van der Waals surface area contributed by atoms with Crippen molar-refractivity contribution in [2.24, 2.45) is 0 Å². The lowest BCUT2D eigenvalue weighted by Crippen LogP contribution is -2.40. The van der Waals surface area contributed by atoms with Crippen LogP contribution >= 0.6 is 23.1 Å². The van der Waals surface area contributed by atoms with Crippen LogP contribution in [0.25, 0.3) is 0 Å². The zero-order valence-electron chi connectivity index (χ0n) is 11.2. The zero-order valence-corrected chi connectivity index (χ0v) is 12.9. The van der Waals surface area contributed by atoms with Gasteiger partial charge in [-0.25, -0.2) is 0 Å². The van der Waals surface area contributed by atoms with Gasteiger partial charge in [-0.3, -0.25) is 14.5 Å². The maximum absolute atomic E-state index is 11.9. The van der Waals surface area contributed by atoms with Crippen LogP contribution in [0.1, 0.15) is 39.0 Å². The van der Waals surface area contributed by atoms with Crippen molar-refractivity contribution in [2.75, 3.05) is 10.7 Å². The van der Waals surface area contributed by atoms with E-state index in [0.717, 1.165) is 37.4 Å². The third kappa shape index (κ3) is 3.92. The van der Waals surface area contributed by atoms with Crippen molar-refractivity contribution >= 4 is 40.1 Å². The van der Waals surface area contributed by atoms with E-state index in [1.807, 2.05) is 0 Å². The summed E-state index contributed by atoms with van der Waals surface area (Å²) in [6, 6.07) is 0.200. The first-order chi connectivity index (χ1) is 9.58. The van der Waals surface area contributed by atoms with E-state index in [1.54, 1.807) is 11.8 Å². The van der Waals surface area contributed by atoms with Crippen LogP contribution in [0, 0.1) is 0 Å². The van der Waals surface area contributed by atoms with E-state index in [2.05, 4.69) is 10.2 Å². The monoisotopic (exact) mass is 315 g/mol. The largest absolute Gasteiger partial charge is 0.481 e.